The number of hydrogen-bond donors (Lipinski definition) is 3. The fourth-order valence-electron chi connectivity index (χ4n) is 2.36. The van der Waals surface area contributed by atoms with Crippen molar-refractivity contribution < 1.29 is 9.72 Å². The Morgan fingerprint density at radius 2 is 1.92 bits per heavy atom. The van der Waals surface area contributed by atoms with Crippen LogP contribution in [-0.4, -0.2) is 22.6 Å². The van der Waals surface area contributed by atoms with E-state index in [9.17, 15) is 14.9 Å². The third-order valence-corrected chi connectivity index (χ3v) is 3.55. The Balaban J connectivity index is 1.84. The van der Waals surface area contributed by atoms with Gasteiger partial charge in [-0.05, 0) is 25.1 Å². The molecule has 1 amide bonds. The number of anilines is 3. The minimum Gasteiger partial charge on any atom is -0.375 e. The third-order valence-electron chi connectivity index (χ3n) is 3.55. The van der Waals surface area contributed by atoms with Crippen LogP contribution in [0.1, 0.15) is 6.92 Å². The lowest BCUT2D eigenvalue weighted by Gasteiger charge is -2.13. The molecule has 0 aromatic heterocycles. The lowest BCUT2D eigenvalue weighted by molar-refractivity contribution is -0.384. The van der Waals surface area contributed by atoms with E-state index in [4.69, 9.17) is 0 Å². The standard InChI is InChI=1S/C16H15N5O3/c1-10-15(16(22)18-14-8-3-2-7-13(14)17-10)20-19-11-5-4-6-12(9-11)21(23)24/h2-10,17,19H,1H3,(H,18,22)/b20-15-. The Morgan fingerprint density at radius 1 is 1.17 bits per heavy atom. The highest BCUT2D eigenvalue weighted by Crippen LogP contribution is 2.25. The second kappa shape index (κ2) is 6.37. The molecular weight excluding hydrogens is 310 g/mol. The smallest absolute Gasteiger partial charge is 0.274 e. The third kappa shape index (κ3) is 3.17. The fourth-order valence-corrected chi connectivity index (χ4v) is 2.36. The minimum atomic E-state index is -0.489. The van der Waals surface area contributed by atoms with E-state index in [0.717, 1.165) is 5.69 Å². The van der Waals surface area contributed by atoms with Crippen LogP contribution in [0.3, 0.4) is 0 Å². The molecule has 3 N–H and O–H groups in total. The Kier molecular flexibility index (Phi) is 4.11. The van der Waals surface area contributed by atoms with Crippen LogP contribution in [0.4, 0.5) is 22.7 Å². The van der Waals surface area contributed by atoms with E-state index in [0.29, 0.717) is 11.4 Å². The summed E-state index contributed by atoms with van der Waals surface area (Å²) in [6, 6.07) is 12.9. The van der Waals surface area contributed by atoms with Gasteiger partial charge in [-0.15, -0.1) is 0 Å². The molecule has 0 saturated heterocycles. The number of amides is 1. The number of benzene rings is 2. The van der Waals surface area contributed by atoms with Gasteiger partial charge in [0.05, 0.1) is 28.0 Å². The van der Waals surface area contributed by atoms with E-state index in [1.54, 1.807) is 18.2 Å². The van der Waals surface area contributed by atoms with Gasteiger partial charge < -0.3 is 10.6 Å². The largest absolute Gasteiger partial charge is 0.375 e. The zero-order valence-corrected chi connectivity index (χ0v) is 12.8. The van der Waals surface area contributed by atoms with Crippen LogP contribution in [0, 0.1) is 10.1 Å². The molecule has 0 aliphatic carbocycles. The van der Waals surface area contributed by atoms with Gasteiger partial charge >= 0.3 is 0 Å². The molecule has 1 heterocycles. The maximum atomic E-state index is 12.4. The van der Waals surface area contributed by atoms with Crippen LogP contribution in [0.25, 0.3) is 0 Å². The summed E-state index contributed by atoms with van der Waals surface area (Å²) in [6.07, 6.45) is 0. The molecule has 3 rings (SSSR count). The van der Waals surface area contributed by atoms with Gasteiger partial charge in [0.15, 0.2) is 0 Å². The molecule has 1 aliphatic heterocycles. The van der Waals surface area contributed by atoms with Gasteiger partial charge in [-0.25, -0.2) is 0 Å². The first-order valence-corrected chi connectivity index (χ1v) is 7.29. The SMILES string of the molecule is CC1Nc2ccccc2NC(=O)/C1=N\Nc1cccc([N+](=O)[O-])c1. The fraction of sp³-hybridized carbons (Fsp3) is 0.125. The Bertz CT molecular complexity index is 834. The lowest BCUT2D eigenvalue weighted by atomic mass is 10.2. The summed E-state index contributed by atoms with van der Waals surface area (Å²) in [7, 11) is 0. The van der Waals surface area contributed by atoms with E-state index < -0.39 is 4.92 Å². The zero-order valence-electron chi connectivity index (χ0n) is 12.8. The van der Waals surface area contributed by atoms with Crippen molar-refractivity contribution in [3.05, 3.63) is 58.6 Å². The van der Waals surface area contributed by atoms with Crippen molar-refractivity contribution in [2.45, 2.75) is 13.0 Å². The highest BCUT2D eigenvalue weighted by Gasteiger charge is 2.24. The van der Waals surface area contributed by atoms with Gasteiger partial charge in [0.1, 0.15) is 5.71 Å². The Morgan fingerprint density at radius 3 is 2.67 bits per heavy atom. The maximum absolute atomic E-state index is 12.4. The number of carbonyl (C=O) groups excluding carboxylic acids is 1. The summed E-state index contributed by atoms with van der Waals surface area (Å²) < 4.78 is 0. The summed E-state index contributed by atoms with van der Waals surface area (Å²) in [6.45, 7) is 1.82. The normalized spacial score (nSPS) is 18.1. The monoisotopic (exact) mass is 325 g/mol. The topological polar surface area (TPSA) is 109 Å². The average Bonchev–Trinajstić information content (AvgIpc) is 2.68. The van der Waals surface area contributed by atoms with Gasteiger partial charge in [-0.2, -0.15) is 5.10 Å². The number of para-hydroxylation sites is 2. The number of nitrogens with one attached hydrogen (secondary N) is 3. The molecule has 8 heteroatoms. The molecule has 1 atom stereocenters. The molecule has 0 radical (unpaired) electrons. The summed E-state index contributed by atoms with van der Waals surface area (Å²) >= 11 is 0. The van der Waals surface area contributed by atoms with E-state index in [-0.39, 0.29) is 23.3 Å². The van der Waals surface area contributed by atoms with E-state index in [1.165, 1.54) is 12.1 Å². The average molecular weight is 325 g/mol. The summed E-state index contributed by atoms with van der Waals surface area (Å²) in [5, 5.41) is 20.9. The van der Waals surface area contributed by atoms with Gasteiger partial charge in [-0.1, -0.05) is 18.2 Å². The van der Waals surface area contributed by atoms with E-state index in [1.807, 2.05) is 25.1 Å². The molecule has 0 spiro atoms. The first-order chi connectivity index (χ1) is 11.5. The number of fused-ring (bicyclic) bond motifs is 1. The molecule has 0 bridgehead atoms. The molecular formula is C16H15N5O3. The number of nitro benzene ring substituents is 1. The van der Waals surface area contributed by atoms with Crippen molar-refractivity contribution in [2.75, 3.05) is 16.1 Å². The molecule has 1 unspecified atom stereocenters. The van der Waals surface area contributed by atoms with Crippen molar-refractivity contribution >= 4 is 34.4 Å². The summed E-state index contributed by atoms with van der Waals surface area (Å²) in [4.78, 5) is 22.7. The summed E-state index contributed by atoms with van der Waals surface area (Å²) in [5.74, 6) is -0.335. The van der Waals surface area contributed by atoms with Crippen LogP contribution in [0.15, 0.2) is 53.6 Å². The van der Waals surface area contributed by atoms with Crippen LogP contribution in [0.5, 0.6) is 0 Å². The first kappa shape index (κ1) is 15.5. The lowest BCUT2D eigenvalue weighted by Crippen LogP contribution is -2.34. The molecule has 2 aromatic carbocycles. The van der Waals surface area contributed by atoms with Crippen molar-refractivity contribution in [3.63, 3.8) is 0 Å². The number of nitrogens with zero attached hydrogens (tertiary/aromatic N) is 2. The molecule has 8 nitrogen and oxygen atoms in total. The Labute approximate surface area is 137 Å². The Hall–Kier alpha value is -3.42. The number of hydrogen-bond acceptors (Lipinski definition) is 6. The predicted molar refractivity (Wildman–Crippen MR) is 92.3 cm³/mol. The van der Waals surface area contributed by atoms with Crippen LogP contribution in [0.2, 0.25) is 0 Å². The molecule has 1 aliphatic rings. The highest BCUT2D eigenvalue weighted by atomic mass is 16.6. The van der Waals surface area contributed by atoms with Crippen molar-refractivity contribution in [1.82, 2.24) is 0 Å². The first-order valence-electron chi connectivity index (χ1n) is 7.29. The van der Waals surface area contributed by atoms with Gasteiger partial charge in [0, 0.05) is 12.1 Å². The van der Waals surface area contributed by atoms with E-state index in [2.05, 4.69) is 21.2 Å². The van der Waals surface area contributed by atoms with Gasteiger partial charge in [-0.3, -0.25) is 20.3 Å². The number of nitro groups is 1. The molecule has 0 saturated carbocycles. The van der Waals surface area contributed by atoms with Crippen LogP contribution < -0.4 is 16.1 Å². The second-order valence-electron chi connectivity index (χ2n) is 5.28. The molecule has 24 heavy (non-hydrogen) atoms. The van der Waals surface area contributed by atoms with Crippen LogP contribution >= 0.6 is 0 Å². The second-order valence-corrected chi connectivity index (χ2v) is 5.28. The quantitative estimate of drug-likeness (QED) is 0.594. The van der Waals surface area contributed by atoms with Crippen LogP contribution in [-0.2, 0) is 4.79 Å². The van der Waals surface area contributed by atoms with E-state index >= 15 is 0 Å². The van der Waals surface area contributed by atoms with Crippen molar-refractivity contribution in [1.29, 1.82) is 0 Å². The maximum Gasteiger partial charge on any atom is 0.274 e. The zero-order chi connectivity index (χ0) is 17.1. The number of rotatable bonds is 3. The number of carbonyl (C=O) groups is 1. The van der Waals surface area contributed by atoms with Crippen molar-refractivity contribution in [2.24, 2.45) is 5.10 Å². The molecule has 0 fully saturated rings. The summed E-state index contributed by atoms with van der Waals surface area (Å²) in [5.41, 5.74) is 4.81. The van der Waals surface area contributed by atoms with Gasteiger partial charge in [0.25, 0.3) is 11.6 Å². The number of non-ortho nitro benzene ring substituents is 1. The predicted octanol–water partition coefficient (Wildman–Crippen LogP) is 2.82. The van der Waals surface area contributed by atoms with Crippen molar-refractivity contribution in [3.8, 4) is 0 Å². The molecule has 2 aromatic rings. The minimum absolute atomic E-state index is 0.0518. The molecule has 122 valence electrons. The highest BCUT2D eigenvalue weighted by molar-refractivity contribution is 6.46. The van der Waals surface area contributed by atoms with Gasteiger partial charge in [0.2, 0.25) is 0 Å². The number of hydrazone groups is 1.